The zero-order valence-electron chi connectivity index (χ0n) is 18.4. The number of hydrogen-bond acceptors (Lipinski definition) is 5. The van der Waals surface area contributed by atoms with Gasteiger partial charge in [0.2, 0.25) is 15.9 Å². The zero-order chi connectivity index (χ0) is 22.5. The first-order valence-electron chi connectivity index (χ1n) is 9.51. The number of anilines is 1. The van der Waals surface area contributed by atoms with Crippen LogP contribution in [-0.2, 0) is 26.8 Å². The van der Waals surface area contributed by atoms with Crippen molar-refractivity contribution < 1.29 is 22.7 Å². The summed E-state index contributed by atoms with van der Waals surface area (Å²) in [5.74, 6) is 0.741. The second-order valence-electron chi connectivity index (χ2n) is 8.03. The van der Waals surface area contributed by atoms with Crippen molar-refractivity contribution in [3.63, 3.8) is 0 Å². The number of benzene rings is 2. The molecule has 0 atom stereocenters. The molecule has 2 aromatic rings. The first-order valence-corrected chi connectivity index (χ1v) is 11.4. The number of methoxy groups -OCH3 is 2. The van der Waals surface area contributed by atoms with Crippen LogP contribution in [0, 0.1) is 0 Å². The number of amides is 1. The minimum atomic E-state index is -3.63. The monoisotopic (exact) mass is 434 g/mol. The molecule has 7 nitrogen and oxygen atoms in total. The second kappa shape index (κ2) is 9.38. The van der Waals surface area contributed by atoms with Gasteiger partial charge in [-0.15, -0.1) is 0 Å². The van der Waals surface area contributed by atoms with Crippen molar-refractivity contribution in [3.8, 4) is 11.5 Å². The maximum absolute atomic E-state index is 12.5. The fourth-order valence-corrected chi connectivity index (χ4v) is 3.76. The van der Waals surface area contributed by atoms with E-state index in [2.05, 4.69) is 26.1 Å². The largest absolute Gasteiger partial charge is 0.493 e. The summed E-state index contributed by atoms with van der Waals surface area (Å²) in [6.07, 6.45) is 1.09. The second-order valence-corrected chi connectivity index (χ2v) is 9.94. The Balaban J connectivity index is 2.11. The van der Waals surface area contributed by atoms with Gasteiger partial charge in [0, 0.05) is 6.54 Å². The summed E-state index contributed by atoms with van der Waals surface area (Å²) in [6, 6.07) is 12.5. The predicted molar refractivity (Wildman–Crippen MR) is 119 cm³/mol. The molecule has 2 aromatic carbocycles. The lowest BCUT2D eigenvalue weighted by molar-refractivity contribution is -0.119. The van der Waals surface area contributed by atoms with Crippen molar-refractivity contribution in [2.75, 3.05) is 31.3 Å². The van der Waals surface area contributed by atoms with E-state index in [0.29, 0.717) is 17.2 Å². The van der Waals surface area contributed by atoms with Crippen LogP contribution in [0.2, 0.25) is 0 Å². The first kappa shape index (κ1) is 23.5. The lowest BCUT2D eigenvalue weighted by Crippen LogP contribution is -2.40. The number of nitrogens with one attached hydrogen (secondary N) is 1. The average molecular weight is 435 g/mol. The quantitative estimate of drug-likeness (QED) is 0.690. The molecule has 1 N–H and O–H groups in total. The van der Waals surface area contributed by atoms with Gasteiger partial charge >= 0.3 is 0 Å². The summed E-state index contributed by atoms with van der Waals surface area (Å²) >= 11 is 0. The topological polar surface area (TPSA) is 84.9 Å². The number of ether oxygens (including phenoxy) is 2. The van der Waals surface area contributed by atoms with E-state index in [4.69, 9.17) is 9.47 Å². The molecular weight excluding hydrogens is 404 g/mol. The normalized spacial score (nSPS) is 11.7. The molecule has 30 heavy (non-hydrogen) atoms. The zero-order valence-corrected chi connectivity index (χ0v) is 19.2. The Bertz CT molecular complexity index is 980. The maximum Gasteiger partial charge on any atom is 0.241 e. The highest BCUT2D eigenvalue weighted by Crippen LogP contribution is 2.28. The van der Waals surface area contributed by atoms with Crippen LogP contribution >= 0.6 is 0 Å². The predicted octanol–water partition coefficient (Wildman–Crippen LogP) is 3.08. The molecule has 0 heterocycles. The molecule has 0 unspecified atom stereocenters. The van der Waals surface area contributed by atoms with E-state index in [1.54, 1.807) is 37.4 Å². The van der Waals surface area contributed by atoms with E-state index in [-0.39, 0.29) is 18.5 Å². The van der Waals surface area contributed by atoms with Crippen LogP contribution in [0.3, 0.4) is 0 Å². The third kappa shape index (κ3) is 6.13. The molecular formula is C22H30N2O5S. The van der Waals surface area contributed by atoms with Gasteiger partial charge in [-0.1, -0.05) is 39.0 Å². The molecule has 0 spiro atoms. The minimum Gasteiger partial charge on any atom is -0.493 e. The standard InChI is InChI=1S/C22H30N2O5S/c1-22(2,3)17-8-10-18(11-9-17)24(30(6,26)27)15-21(25)23-14-16-7-12-19(28-4)20(13-16)29-5/h7-13H,14-15H2,1-6H3,(H,23,25). The maximum atomic E-state index is 12.5. The van der Waals surface area contributed by atoms with Gasteiger partial charge in [-0.25, -0.2) is 8.42 Å². The molecule has 0 aliphatic rings. The number of carbonyl (C=O) groups is 1. The molecule has 8 heteroatoms. The Morgan fingerprint density at radius 2 is 1.60 bits per heavy atom. The van der Waals surface area contributed by atoms with E-state index in [0.717, 1.165) is 21.7 Å². The van der Waals surface area contributed by atoms with Crippen molar-refractivity contribution >= 4 is 21.6 Å². The van der Waals surface area contributed by atoms with Crippen molar-refractivity contribution in [1.82, 2.24) is 5.32 Å². The van der Waals surface area contributed by atoms with Gasteiger partial charge < -0.3 is 14.8 Å². The third-order valence-electron chi connectivity index (χ3n) is 4.65. The fraction of sp³-hybridized carbons (Fsp3) is 0.409. The summed E-state index contributed by atoms with van der Waals surface area (Å²) in [6.45, 7) is 6.18. The smallest absolute Gasteiger partial charge is 0.241 e. The number of carbonyl (C=O) groups excluding carboxylic acids is 1. The molecule has 0 fully saturated rings. The number of rotatable bonds is 8. The highest BCUT2D eigenvalue weighted by molar-refractivity contribution is 7.92. The van der Waals surface area contributed by atoms with Gasteiger partial charge in [-0.2, -0.15) is 0 Å². The fourth-order valence-electron chi connectivity index (χ4n) is 2.91. The van der Waals surface area contributed by atoms with Crippen molar-refractivity contribution in [2.45, 2.75) is 32.7 Å². The Labute approximate surface area is 179 Å². The Hall–Kier alpha value is -2.74. The summed E-state index contributed by atoms with van der Waals surface area (Å²) in [5, 5.41) is 2.75. The molecule has 0 radical (unpaired) electrons. The molecule has 0 bridgehead atoms. The van der Waals surface area contributed by atoms with Crippen LogP contribution in [0.15, 0.2) is 42.5 Å². The van der Waals surface area contributed by atoms with Crippen LogP contribution in [-0.4, -0.2) is 41.3 Å². The summed E-state index contributed by atoms with van der Waals surface area (Å²) < 4.78 is 36.1. The van der Waals surface area contributed by atoms with Gasteiger partial charge in [0.1, 0.15) is 6.54 Å². The van der Waals surface area contributed by atoms with E-state index < -0.39 is 15.9 Å². The summed E-state index contributed by atoms with van der Waals surface area (Å²) in [5.41, 5.74) is 2.29. The summed E-state index contributed by atoms with van der Waals surface area (Å²) in [7, 11) is -0.542. The van der Waals surface area contributed by atoms with Crippen molar-refractivity contribution in [2.24, 2.45) is 0 Å². The van der Waals surface area contributed by atoms with Gasteiger partial charge in [0.15, 0.2) is 11.5 Å². The van der Waals surface area contributed by atoms with Crippen molar-refractivity contribution in [1.29, 1.82) is 0 Å². The molecule has 2 rings (SSSR count). The minimum absolute atomic E-state index is 0.0504. The first-order chi connectivity index (χ1) is 14.0. The number of hydrogen-bond donors (Lipinski definition) is 1. The molecule has 0 aliphatic carbocycles. The van der Waals surface area contributed by atoms with E-state index in [9.17, 15) is 13.2 Å². The van der Waals surface area contributed by atoms with Crippen LogP contribution in [0.5, 0.6) is 11.5 Å². The number of sulfonamides is 1. The van der Waals surface area contributed by atoms with Gasteiger partial charge in [0.05, 0.1) is 26.2 Å². The van der Waals surface area contributed by atoms with Crippen LogP contribution in [0.4, 0.5) is 5.69 Å². The molecule has 0 saturated heterocycles. The highest BCUT2D eigenvalue weighted by atomic mass is 32.2. The molecule has 0 aliphatic heterocycles. The third-order valence-corrected chi connectivity index (χ3v) is 5.79. The molecule has 0 saturated carbocycles. The van der Waals surface area contributed by atoms with Crippen LogP contribution < -0.4 is 19.1 Å². The Morgan fingerprint density at radius 3 is 2.10 bits per heavy atom. The number of nitrogens with zero attached hydrogens (tertiary/aromatic N) is 1. The summed E-state index contributed by atoms with van der Waals surface area (Å²) in [4.78, 5) is 12.5. The Morgan fingerprint density at radius 1 is 1.00 bits per heavy atom. The molecule has 164 valence electrons. The van der Waals surface area contributed by atoms with E-state index >= 15 is 0 Å². The lowest BCUT2D eigenvalue weighted by atomic mass is 9.87. The highest BCUT2D eigenvalue weighted by Gasteiger charge is 2.22. The van der Waals surface area contributed by atoms with E-state index in [1.165, 1.54) is 7.11 Å². The van der Waals surface area contributed by atoms with Crippen LogP contribution in [0.25, 0.3) is 0 Å². The average Bonchev–Trinajstić information content (AvgIpc) is 2.68. The van der Waals surface area contributed by atoms with Gasteiger partial charge in [-0.05, 0) is 40.8 Å². The molecule has 1 amide bonds. The van der Waals surface area contributed by atoms with Crippen molar-refractivity contribution in [3.05, 3.63) is 53.6 Å². The molecule has 0 aromatic heterocycles. The van der Waals surface area contributed by atoms with Gasteiger partial charge in [0.25, 0.3) is 0 Å². The Kier molecular flexibility index (Phi) is 7.36. The SMILES string of the molecule is COc1ccc(CNC(=O)CN(c2ccc(C(C)(C)C)cc2)S(C)(=O)=O)cc1OC. The van der Waals surface area contributed by atoms with Gasteiger partial charge in [-0.3, -0.25) is 9.10 Å². The van der Waals surface area contributed by atoms with Crippen LogP contribution in [0.1, 0.15) is 31.9 Å². The lowest BCUT2D eigenvalue weighted by Gasteiger charge is -2.24. The van der Waals surface area contributed by atoms with E-state index in [1.807, 2.05) is 12.1 Å².